The highest BCUT2D eigenvalue weighted by Gasteiger charge is 2.06. The van der Waals surface area contributed by atoms with Crippen molar-refractivity contribution in [2.45, 2.75) is 6.10 Å². The van der Waals surface area contributed by atoms with Crippen molar-refractivity contribution in [1.29, 1.82) is 0 Å². The molecule has 0 aliphatic carbocycles. The molecule has 3 nitrogen and oxygen atoms in total. The molecule has 1 unspecified atom stereocenters. The summed E-state index contributed by atoms with van der Waals surface area (Å²) in [4.78, 5) is 0. The Balaban J connectivity index is 1.77. The Morgan fingerprint density at radius 2 is 1.71 bits per heavy atom. The van der Waals surface area contributed by atoms with Gasteiger partial charge in [0.25, 0.3) is 0 Å². The van der Waals surface area contributed by atoms with Gasteiger partial charge in [0, 0.05) is 17.3 Å². The largest absolute Gasteiger partial charge is 0.491 e. The highest BCUT2D eigenvalue weighted by Crippen LogP contribution is 2.25. The van der Waals surface area contributed by atoms with Crippen LogP contribution in [-0.4, -0.2) is 24.4 Å². The predicted octanol–water partition coefficient (Wildman–Crippen LogP) is 4.50. The van der Waals surface area contributed by atoms with Crippen molar-refractivity contribution in [2.24, 2.45) is 0 Å². The van der Waals surface area contributed by atoms with Crippen LogP contribution in [0.5, 0.6) is 5.75 Å². The first-order chi connectivity index (χ1) is 10.0. The maximum Gasteiger partial charge on any atom is 0.119 e. The first-order valence-electron chi connectivity index (χ1n) is 6.30. The highest BCUT2D eigenvalue weighted by atomic mass is 35.5. The fourth-order valence-electron chi connectivity index (χ4n) is 1.62. The van der Waals surface area contributed by atoms with Crippen molar-refractivity contribution >= 4 is 40.5 Å². The average Bonchev–Trinajstić information content (AvgIpc) is 2.48. The van der Waals surface area contributed by atoms with Crippen LogP contribution in [0.25, 0.3) is 0 Å². The van der Waals surface area contributed by atoms with Crippen LogP contribution in [0.2, 0.25) is 15.1 Å². The molecular formula is C15H14Cl3NO2. The van der Waals surface area contributed by atoms with E-state index in [1.165, 1.54) is 0 Å². The average molecular weight is 347 g/mol. The van der Waals surface area contributed by atoms with Crippen LogP contribution in [0, 0.1) is 0 Å². The lowest BCUT2D eigenvalue weighted by Crippen LogP contribution is -2.26. The van der Waals surface area contributed by atoms with Crippen LogP contribution < -0.4 is 10.1 Å². The minimum atomic E-state index is -0.657. The number of hydrogen-bond acceptors (Lipinski definition) is 3. The minimum absolute atomic E-state index is 0.177. The van der Waals surface area contributed by atoms with Crippen molar-refractivity contribution in [2.75, 3.05) is 18.5 Å². The minimum Gasteiger partial charge on any atom is -0.491 e. The Hall–Kier alpha value is -1.13. The second kappa shape index (κ2) is 7.76. The third-order valence-corrected chi connectivity index (χ3v) is 3.71. The molecule has 112 valence electrons. The molecule has 0 fully saturated rings. The lowest BCUT2D eigenvalue weighted by atomic mass is 10.3. The molecule has 21 heavy (non-hydrogen) atoms. The number of aliphatic hydroxyl groups is 1. The predicted molar refractivity (Wildman–Crippen MR) is 87.9 cm³/mol. The molecule has 0 saturated heterocycles. The van der Waals surface area contributed by atoms with Crippen LogP contribution in [-0.2, 0) is 0 Å². The molecule has 6 heteroatoms. The normalized spacial score (nSPS) is 12.0. The molecule has 0 saturated carbocycles. The number of nitrogens with one attached hydrogen (secondary N) is 1. The fraction of sp³-hybridized carbons (Fsp3) is 0.200. The number of benzene rings is 2. The zero-order valence-corrected chi connectivity index (χ0v) is 13.3. The highest BCUT2D eigenvalue weighted by molar-refractivity contribution is 6.42. The maximum atomic E-state index is 9.88. The van der Waals surface area contributed by atoms with Gasteiger partial charge in [-0.25, -0.2) is 0 Å². The second-order valence-corrected chi connectivity index (χ2v) is 5.68. The van der Waals surface area contributed by atoms with E-state index in [4.69, 9.17) is 39.5 Å². The molecule has 0 radical (unpaired) electrons. The van der Waals surface area contributed by atoms with Crippen molar-refractivity contribution in [3.05, 3.63) is 57.5 Å². The SMILES string of the molecule is OC(CNc1ccc(Cl)c(Cl)c1)COc1ccc(Cl)cc1. The van der Waals surface area contributed by atoms with Gasteiger partial charge in [0.1, 0.15) is 18.5 Å². The molecule has 0 heterocycles. The summed E-state index contributed by atoms with van der Waals surface area (Å²) in [6.45, 7) is 0.515. The van der Waals surface area contributed by atoms with Gasteiger partial charge >= 0.3 is 0 Å². The summed E-state index contributed by atoms with van der Waals surface area (Å²) in [7, 11) is 0. The summed E-state index contributed by atoms with van der Waals surface area (Å²) in [5.74, 6) is 0.660. The number of anilines is 1. The molecule has 2 aromatic carbocycles. The number of aliphatic hydroxyl groups excluding tert-OH is 1. The number of halogens is 3. The van der Waals surface area contributed by atoms with Crippen LogP contribution in [0.15, 0.2) is 42.5 Å². The van der Waals surface area contributed by atoms with Crippen molar-refractivity contribution in [3.8, 4) is 5.75 Å². The molecule has 2 aromatic rings. The van der Waals surface area contributed by atoms with Crippen LogP contribution in [0.4, 0.5) is 5.69 Å². The zero-order chi connectivity index (χ0) is 15.2. The van der Waals surface area contributed by atoms with Crippen LogP contribution in [0.3, 0.4) is 0 Å². The molecule has 2 rings (SSSR count). The summed E-state index contributed by atoms with van der Waals surface area (Å²) >= 11 is 17.5. The summed E-state index contributed by atoms with van der Waals surface area (Å²) in [5.41, 5.74) is 0.787. The standard InChI is InChI=1S/C15H14Cl3NO2/c16-10-1-4-13(5-2-10)21-9-12(20)8-19-11-3-6-14(17)15(18)7-11/h1-7,12,19-20H,8-9H2. The van der Waals surface area contributed by atoms with Gasteiger partial charge in [0.2, 0.25) is 0 Å². The van der Waals surface area contributed by atoms with Crippen molar-refractivity contribution < 1.29 is 9.84 Å². The molecule has 0 spiro atoms. The molecule has 0 aliphatic heterocycles. The summed E-state index contributed by atoms with van der Waals surface area (Å²) in [5, 5.41) is 14.5. The third-order valence-electron chi connectivity index (χ3n) is 2.72. The Bertz CT molecular complexity index is 590. The quantitative estimate of drug-likeness (QED) is 0.809. The van der Waals surface area contributed by atoms with Gasteiger partial charge in [0.15, 0.2) is 0 Å². The van der Waals surface area contributed by atoms with Crippen LogP contribution in [0.1, 0.15) is 0 Å². The lowest BCUT2D eigenvalue weighted by molar-refractivity contribution is 0.117. The van der Waals surface area contributed by atoms with E-state index in [2.05, 4.69) is 5.32 Å². The molecule has 0 bridgehead atoms. The first-order valence-corrected chi connectivity index (χ1v) is 7.43. The molecular weight excluding hydrogens is 333 g/mol. The molecule has 0 amide bonds. The van der Waals surface area contributed by atoms with Gasteiger partial charge in [-0.15, -0.1) is 0 Å². The number of hydrogen-bond donors (Lipinski definition) is 2. The third kappa shape index (κ3) is 5.29. The smallest absolute Gasteiger partial charge is 0.119 e. The van der Waals surface area contributed by atoms with E-state index in [0.29, 0.717) is 27.4 Å². The Labute approximate surface area is 138 Å². The topological polar surface area (TPSA) is 41.5 Å². The van der Waals surface area contributed by atoms with Gasteiger partial charge in [-0.3, -0.25) is 0 Å². The summed E-state index contributed by atoms with van der Waals surface area (Å²) in [6.07, 6.45) is -0.657. The van der Waals surface area contributed by atoms with Crippen LogP contribution >= 0.6 is 34.8 Å². The van der Waals surface area contributed by atoms with E-state index < -0.39 is 6.10 Å². The maximum absolute atomic E-state index is 9.88. The van der Waals surface area contributed by atoms with Crippen molar-refractivity contribution in [3.63, 3.8) is 0 Å². The Kier molecular flexibility index (Phi) is 6.00. The van der Waals surface area contributed by atoms with E-state index in [-0.39, 0.29) is 6.61 Å². The number of ether oxygens (including phenoxy) is 1. The Morgan fingerprint density at radius 3 is 2.38 bits per heavy atom. The van der Waals surface area contributed by atoms with Gasteiger partial charge < -0.3 is 15.2 Å². The van der Waals surface area contributed by atoms with Gasteiger partial charge in [-0.2, -0.15) is 0 Å². The molecule has 2 N–H and O–H groups in total. The molecule has 0 aromatic heterocycles. The van der Waals surface area contributed by atoms with Gasteiger partial charge in [0.05, 0.1) is 10.0 Å². The summed E-state index contributed by atoms with van der Waals surface area (Å²) in [6, 6.07) is 12.2. The lowest BCUT2D eigenvalue weighted by Gasteiger charge is -2.14. The first kappa shape index (κ1) is 16.2. The molecule has 1 atom stereocenters. The van der Waals surface area contributed by atoms with E-state index in [0.717, 1.165) is 5.69 Å². The summed E-state index contributed by atoms with van der Waals surface area (Å²) < 4.78 is 5.46. The second-order valence-electron chi connectivity index (χ2n) is 4.43. The zero-order valence-electron chi connectivity index (χ0n) is 11.0. The van der Waals surface area contributed by atoms with Gasteiger partial charge in [-0.05, 0) is 42.5 Å². The van der Waals surface area contributed by atoms with E-state index in [1.807, 2.05) is 0 Å². The Morgan fingerprint density at radius 1 is 1.00 bits per heavy atom. The van der Waals surface area contributed by atoms with Crippen molar-refractivity contribution in [1.82, 2.24) is 0 Å². The monoisotopic (exact) mass is 345 g/mol. The van der Waals surface area contributed by atoms with E-state index in [9.17, 15) is 5.11 Å². The van der Waals surface area contributed by atoms with E-state index >= 15 is 0 Å². The fourth-order valence-corrected chi connectivity index (χ4v) is 2.05. The number of rotatable bonds is 6. The van der Waals surface area contributed by atoms with Gasteiger partial charge in [-0.1, -0.05) is 34.8 Å². The van der Waals surface area contributed by atoms with E-state index in [1.54, 1.807) is 42.5 Å². The molecule has 0 aliphatic rings.